The highest BCUT2D eigenvalue weighted by Gasteiger charge is 2.47. The molecule has 0 radical (unpaired) electrons. The molecule has 5 heteroatoms. The fraction of sp³-hybridized carbons (Fsp3) is 0.412. The second kappa shape index (κ2) is 6.45. The van der Waals surface area contributed by atoms with Gasteiger partial charge in [0.2, 0.25) is 5.91 Å². The number of hydrogen-bond donors (Lipinski definition) is 2. The number of phenols is 1. The summed E-state index contributed by atoms with van der Waals surface area (Å²) in [5.74, 6) is 2.22. The van der Waals surface area contributed by atoms with Crippen LogP contribution in [0.4, 0.5) is 0 Å². The monoisotopic (exact) mass is 314 g/mol. The summed E-state index contributed by atoms with van der Waals surface area (Å²) in [6.07, 6.45) is 5.44. The maximum absolute atomic E-state index is 12.3. The quantitative estimate of drug-likeness (QED) is 0.498. The molecule has 2 N–H and O–H groups in total. The Morgan fingerprint density at radius 2 is 2.05 bits per heavy atom. The highest BCUT2D eigenvalue weighted by Crippen LogP contribution is 2.49. The van der Waals surface area contributed by atoms with Gasteiger partial charge in [-0.2, -0.15) is 5.26 Å². The molecule has 1 amide bonds. The fourth-order valence-electron chi connectivity index (χ4n) is 3.52. The van der Waals surface area contributed by atoms with E-state index >= 15 is 0 Å². The highest BCUT2D eigenvalue weighted by molar-refractivity contribution is 7.99. The molecule has 0 aromatic heterocycles. The van der Waals surface area contributed by atoms with E-state index in [4.69, 9.17) is 5.26 Å². The molecule has 2 aliphatic carbocycles. The minimum Gasteiger partial charge on any atom is -0.508 e. The molecule has 1 fully saturated rings. The maximum atomic E-state index is 12.3. The first-order chi connectivity index (χ1) is 10.7. The summed E-state index contributed by atoms with van der Waals surface area (Å²) < 4.78 is 0. The van der Waals surface area contributed by atoms with Crippen molar-refractivity contribution in [2.24, 2.45) is 23.7 Å². The molecule has 1 aromatic rings. The molecule has 1 saturated carbocycles. The summed E-state index contributed by atoms with van der Waals surface area (Å²) >= 11 is 1.72. The molecule has 0 saturated heterocycles. The zero-order chi connectivity index (χ0) is 15.5. The van der Waals surface area contributed by atoms with Crippen molar-refractivity contribution < 1.29 is 9.90 Å². The number of carbonyl (C=O) groups is 1. The number of allylic oxidation sites excluding steroid dienone is 2. The molecule has 114 valence electrons. The summed E-state index contributed by atoms with van der Waals surface area (Å²) in [6, 6.07) is 9.12. The number of benzene rings is 1. The molecule has 3 rings (SSSR count). The summed E-state index contributed by atoms with van der Waals surface area (Å²) in [5, 5.41) is 20.7. The Bertz CT molecular complexity index is 621. The van der Waals surface area contributed by atoms with E-state index in [0.717, 1.165) is 17.1 Å². The van der Waals surface area contributed by atoms with E-state index in [-0.39, 0.29) is 24.1 Å². The van der Waals surface area contributed by atoms with Crippen LogP contribution < -0.4 is 5.32 Å². The Kier molecular flexibility index (Phi) is 4.39. The van der Waals surface area contributed by atoms with Gasteiger partial charge in [-0.15, -0.1) is 11.8 Å². The zero-order valence-electron chi connectivity index (χ0n) is 12.1. The molecule has 2 bridgehead atoms. The average Bonchev–Trinajstić information content (AvgIpc) is 3.13. The van der Waals surface area contributed by atoms with Crippen molar-refractivity contribution >= 4 is 17.7 Å². The summed E-state index contributed by atoms with van der Waals surface area (Å²) in [4.78, 5) is 13.4. The number of aromatic hydroxyl groups is 1. The number of nitrogens with one attached hydrogen (secondary N) is 1. The number of carbonyl (C=O) groups excluding carboxylic acids is 1. The highest BCUT2D eigenvalue weighted by atomic mass is 32.2. The minimum absolute atomic E-state index is 0.00899. The van der Waals surface area contributed by atoms with Crippen LogP contribution in [-0.4, -0.2) is 23.3 Å². The lowest BCUT2D eigenvalue weighted by Gasteiger charge is -2.26. The van der Waals surface area contributed by atoms with Gasteiger partial charge in [0.05, 0.1) is 6.07 Å². The SMILES string of the molecule is N#CCNC(=O)C1C2C=CC(C2)C1CSc1ccc(O)cc1. The van der Waals surface area contributed by atoms with Crippen LogP contribution in [0, 0.1) is 35.0 Å². The number of fused-ring (bicyclic) bond motifs is 2. The number of nitriles is 1. The van der Waals surface area contributed by atoms with Crippen LogP contribution in [0.2, 0.25) is 0 Å². The summed E-state index contributed by atoms with van der Waals surface area (Å²) in [6.45, 7) is 0.0776. The van der Waals surface area contributed by atoms with Crippen molar-refractivity contribution in [3.8, 4) is 11.8 Å². The first-order valence-electron chi connectivity index (χ1n) is 7.44. The van der Waals surface area contributed by atoms with E-state index < -0.39 is 0 Å². The largest absolute Gasteiger partial charge is 0.508 e. The van der Waals surface area contributed by atoms with Gasteiger partial charge in [0.1, 0.15) is 12.3 Å². The lowest BCUT2D eigenvalue weighted by Crippen LogP contribution is -2.38. The summed E-state index contributed by atoms with van der Waals surface area (Å²) in [7, 11) is 0. The van der Waals surface area contributed by atoms with Gasteiger partial charge in [-0.05, 0) is 48.4 Å². The van der Waals surface area contributed by atoms with Crippen LogP contribution in [-0.2, 0) is 4.79 Å². The second-order valence-corrected chi connectivity index (χ2v) is 6.91. The number of nitrogens with zero attached hydrogens (tertiary/aromatic N) is 1. The van der Waals surface area contributed by atoms with E-state index in [1.54, 1.807) is 23.9 Å². The van der Waals surface area contributed by atoms with Gasteiger partial charge >= 0.3 is 0 Å². The Hall–Kier alpha value is -1.93. The predicted octanol–water partition coefficient (Wildman–Crippen LogP) is 2.56. The molecule has 4 atom stereocenters. The van der Waals surface area contributed by atoms with Crippen LogP contribution in [0.25, 0.3) is 0 Å². The molecule has 0 heterocycles. The number of hydrogen-bond acceptors (Lipinski definition) is 4. The molecular formula is C17H18N2O2S. The average molecular weight is 314 g/mol. The van der Waals surface area contributed by atoms with Crippen LogP contribution >= 0.6 is 11.8 Å². The number of phenolic OH excluding ortho intramolecular Hbond substituents is 1. The van der Waals surface area contributed by atoms with Crippen LogP contribution in [0.5, 0.6) is 5.75 Å². The normalized spacial score (nSPS) is 28.5. The molecule has 0 spiro atoms. The molecular weight excluding hydrogens is 296 g/mol. The Balaban J connectivity index is 1.65. The van der Waals surface area contributed by atoms with E-state index in [1.165, 1.54) is 0 Å². The van der Waals surface area contributed by atoms with Gasteiger partial charge in [-0.1, -0.05) is 12.2 Å². The molecule has 22 heavy (non-hydrogen) atoms. The molecule has 2 aliphatic rings. The van der Waals surface area contributed by atoms with E-state index in [9.17, 15) is 9.90 Å². The third-order valence-electron chi connectivity index (χ3n) is 4.55. The van der Waals surface area contributed by atoms with Crippen LogP contribution in [0.15, 0.2) is 41.3 Å². The van der Waals surface area contributed by atoms with E-state index in [2.05, 4.69) is 17.5 Å². The lowest BCUT2D eigenvalue weighted by atomic mass is 9.83. The minimum atomic E-state index is -0.0204. The summed E-state index contributed by atoms with van der Waals surface area (Å²) in [5.41, 5.74) is 0. The van der Waals surface area contributed by atoms with Gasteiger partial charge in [-0.3, -0.25) is 4.79 Å². The molecule has 0 aliphatic heterocycles. The van der Waals surface area contributed by atoms with Gasteiger partial charge in [-0.25, -0.2) is 0 Å². The third kappa shape index (κ3) is 2.97. The van der Waals surface area contributed by atoms with Gasteiger partial charge < -0.3 is 10.4 Å². The maximum Gasteiger partial charge on any atom is 0.224 e. The van der Waals surface area contributed by atoms with Crippen LogP contribution in [0.3, 0.4) is 0 Å². The van der Waals surface area contributed by atoms with Gasteiger partial charge in [0.25, 0.3) is 0 Å². The van der Waals surface area contributed by atoms with Crippen molar-refractivity contribution in [3.63, 3.8) is 0 Å². The lowest BCUT2D eigenvalue weighted by molar-refractivity contribution is -0.126. The van der Waals surface area contributed by atoms with Gasteiger partial charge in [0.15, 0.2) is 0 Å². The van der Waals surface area contributed by atoms with Crippen LogP contribution in [0.1, 0.15) is 6.42 Å². The van der Waals surface area contributed by atoms with Crippen molar-refractivity contribution in [3.05, 3.63) is 36.4 Å². The molecule has 4 unspecified atom stereocenters. The number of thioether (sulfide) groups is 1. The smallest absolute Gasteiger partial charge is 0.224 e. The Morgan fingerprint density at radius 3 is 2.77 bits per heavy atom. The molecule has 1 aromatic carbocycles. The Morgan fingerprint density at radius 1 is 1.32 bits per heavy atom. The molecule has 4 nitrogen and oxygen atoms in total. The van der Waals surface area contributed by atoms with Crippen molar-refractivity contribution in [2.45, 2.75) is 11.3 Å². The van der Waals surface area contributed by atoms with Crippen molar-refractivity contribution in [1.82, 2.24) is 5.32 Å². The zero-order valence-corrected chi connectivity index (χ0v) is 12.9. The predicted molar refractivity (Wildman–Crippen MR) is 85.2 cm³/mol. The Labute approximate surface area is 134 Å². The first kappa shape index (κ1) is 15.0. The topological polar surface area (TPSA) is 73.1 Å². The van der Waals surface area contributed by atoms with Crippen molar-refractivity contribution in [1.29, 1.82) is 5.26 Å². The number of rotatable bonds is 5. The second-order valence-electron chi connectivity index (χ2n) is 5.82. The third-order valence-corrected chi connectivity index (χ3v) is 5.70. The van der Waals surface area contributed by atoms with Gasteiger partial charge in [0, 0.05) is 16.6 Å². The number of amides is 1. The first-order valence-corrected chi connectivity index (χ1v) is 8.42. The van der Waals surface area contributed by atoms with Crippen molar-refractivity contribution in [2.75, 3.05) is 12.3 Å². The van der Waals surface area contributed by atoms with E-state index in [1.807, 2.05) is 18.2 Å². The fourth-order valence-corrected chi connectivity index (χ4v) is 4.69. The standard InChI is InChI=1S/C17H18N2O2S/c18-7-8-19-17(21)16-12-2-1-11(9-12)15(16)10-22-14-5-3-13(20)4-6-14/h1-6,11-12,15-16,20H,8-10H2,(H,19,21). The van der Waals surface area contributed by atoms with E-state index in [0.29, 0.717) is 17.8 Å².